The average Bonchev–Trinajstić information content (AvgIpc) is 2.77. The van der Waals surface area contributed by atoms with Gasteiger partial charge in [0, 0.05) is 12.1 Å². The predicted octanol–water partition coefficient (Wildman–Crippen LogP) is 3.17. The number of unbranched alkanes of at least 4 members (excludes halogenated alkanes) is 1. The second kappa shape index (κ2) is 12.3. The van der Waals surface area contributed by atoms with Crippen molar-refractivity contribution in [2.24, 2.45) is 0 Å². The third-order valence-electron chi connectivity index (χ3n) is 4.88. The molecule has 2 atom stereocenters. The summed E-state index contributed by atoms with van der Waals surface area (Å²) in [6.07, 6.45) is -0.824. The lowest BCUT2D eigenvalue weighted by Crippen LogP contribution is -2.43. The largest absolute Gasteiger partial charge is 0.480 e. The first-order valence-corrected chi connectivity index (χ1v) is 10.5. The lowest BCUT2D eigenvalue weighted by molar-refractivity contribution is -0.147. The van der Waals surface area contributed by atoms with Crippen LogP contribution in [0.25, 0.3) is 10.8 Å². The third-order valence-corrected chi connectivity index (χ3v) is 4.88. The van der Waals surface area contributed by atoms with E-state index in [-0.39, 0.29) is 18.7 Å². The summed E-state index contributed by atoms with van der Waals surface area (Å²) >= 11 is 0. The molecule has 0 saturated heterocycles. The molecule has 0 aliphatic rings. The van der Waals surface area contributed by atoms with Gasteiger partial charge >= 0.3 is 18.0 Å². The number of ether oxygens (including phenoxy) is 1. The normalized spacial score (nSPS) is 12.5. The number of rotatable bonds is 12. The van der Waals surface area contributed by atoms with Gasteiger partial charge < -0.3 is 25.6 Å². The second-order valence-corrected chi connectivity index (χ2v) is 7.37. The molecular weight excluding hydrogens is 416 g/mol. The maximum Gasteiger partial charge on any atom is 0.408 e. The molecule has 172 valence electrons. The number of aliphatic carboxylic acids is 2. The number of hydrogen-bond donors (Lipinski definition) is 4. The van der Waals surface area contributed by atoms with Crippen molar-refractivity contribution >= 4 is 34.7 Å². The topological polar surface area (TPSA) is 142 Å². The van der Waals surface area contributed by atoms with Crippen molar-refractivity contribution in [2.75, 3.05) is 6.54 Å². The minimum absolute atomic E-state index is 0.0418. The molecule has 4 N–H and O–H groups in total. The van der Waals surface area contributed by atoms with E-state index in [4.69, 9.17) is 9.84 Å². The first kappa shape index (κ1) is 24.6. The van der Waals surface area contributed by atoms with Crippen LogP contribution in [0.2, 0.25) is 0 Å². The number of fused-ring (bicyclic) bond motifs is 1. The van der Waals surface area contributed by atoms with Crippen molar-refractivity contribution in [3.63, 3.8) is 0 Å². The van der Waals surface area contributed by atoms with E-state index in [1.165, 1.54) is 0 Å². The molecule has 2 rings (SSSR count). The molecule has 2 aromatic carbocycles. The van der Waals surface area contributed by atoms with Gasteiger partial charge in [-0.25, -0.2) is 14.4 Å². The number of alkyl carbamates (subject to hydrolysis) is 1. The van der Waals surface area contributed by atoms with E-state index in [1.807, 2.05) is 30.3 Å². The van der Waals surface area contributed by atoms with Gasteiger partial charge in [0.15, 0.2) is 0 Å². The molecule has 0 bridgehead atoms. The molecule has 0 heterocycles. The molecule has 9 heteroatoms. The van der Waals surface area contributed by atoms with Gasteiger partial charge in [0.2, 0.25) is 6.10 Å². The Bertz CT molecular complexity index is 960. The first-order chi connectivity index (χ1) is 15.3. The van der Waals surface area contributed by atoms with Crippen LogP contribution in [0, 0.1) is 0 Å². The monoisotopic (exact) mass is 444 g/mol. The molecule has 9 nitrogen and oxygen atoms in total. The number of carboxylic acids is 2. The highest BCUT2D eigenvalue weighted by atomic mass is 16.6. The maximum absolute atomic E-state index is 12.3. The summed E-state index contributed by atoms with van der Waals surface area (Å²) in [5.41, 5.74) is 0.534. The minimum Gasteiger partial charge on any atom is -0.480 e. The summed E-state index contributed by atoms with van der Waals surface area (Å²) in [5.74, 6) is -2.75. The number of carboxylic acid groups (broad SMARTS) is 2. The van der Waals surface area contributed by atoms with E-state index in [1.54, 1.807) is 19.1 Å². The molecule has 0 fully saturated rings. The summed E-state index contributed by atoms with van der Waals surface area (Å²) < 4.78 is 4.88. The zero-order valence-electron chi connectivity index (χ0n) is 17.9. The zero-order chi connectivity index (χ0) is 23.5. The Kier molecular flexibility index (Phi) is 9.46. The summed E-state index contributed by atoms with van der Waals surface area (Å²) in [7, 11) is 0. The van der Waals surface area contributed by atoms with E-state index in [0.29, 0.717) is 31.4 Å². The fraction of sp³-hybridized carbons (Fsp3) is 0.391. The molecule has 2 aromatic rings. The Morgan fingerprint density at radius 1 is 0.938 bits per heavy atom. The lowest BCUT2D eigenvalue weighted by Gasteiger charge is -2.17. The van der Waals surface area contributed by atoms with Gasteiger partial charge in [0.25, 0.3) is 5.91 Å². The van der Waals surface area contributed by atoms with Crippen molar-refractivity contribution in [3.05, 3.63) is 48.0 Å². The van der Waals surface area contributed by atoms with Crippen LogP contribution in [0.3, 0.4) is 0 Å². The predicted molar refractivity (Wildman–Crippen MR) is 118 cm³/mol. The number of hydrogen-bond acceptors (Lipinski definition) is 5. The van der Waals surface area contributed by atoms with E-state index >= 15 is 0 Å². The van der Waals surface area contributed by atoms with Crippen molar-refractivity contribution in [2.45, 2.75) is 51.2 Å². The summed E-state index contributed by atoms with van der Waals surface area (Å²) in [6, 6.07) is 12.0. The Hall–Kier alpha value is -3.62. The van der Waals surface area contributed by atoms with Crippen molar-refractivity contribution in [1.29, 1.82) is 0 Å². The van der Waals surface area contributed by atoms with Crippen molar-refractivity contribution < 1.29 is 34.1 Å². The molecule has 0 spiro atoms. The first-order valence-electron chi connectivity index (χ1n) is 10.5. The third kappa shape index (κ3) is 7.57. The average molecular weight is 444 g/mol. The standard InChI is InChI=1S/C23H28N2O7/c1-2-7-18(21(27)28)25-23(31)32-19(22(29)30)10-5-6-13-24-20(26)17-12-11-15-8-3-4-9-16(15)14-17/h3-4,8-9,11-12,14,18-19H,2,5-7,10,13H2,1H3,(H,24,26)(H,25,31)(H,27,28)(H,29,30)/t18-,19-/m0/s1. The number of nitrogens with one attached hydrogen (secondary N) is 2. The van der Waals surface area contributed by atoms with Gasteiger partial charge in [0.1, 0.15) is 6.04 Å². The molecule has 0 unspecified atom stereocenters. The van der Waals surface area contributed by atoms with Crippen LogP contribution in [0.5, 0.6) is 0 Å². The van der Waals surface area contributed by atoms with E-state index in [0.717, 1.165) is 10.8 Å². The van der Waals surface area contributed by atoms with Crippen LogP contribution < -0.4 is 10.6 Å². The summed E-state index contributed by atoms with van der Waals surface area (Å²) in [5, 5.41) is 25.3. The highest BCUT2D eigenvalue weighted by Gasteiger charge is 2.25. The van der Waals surface area contributed by atoms with Gasteiger partial charge in [-0.1, -0.05) is 43.7 Å². The van der Waals surface area contributed by atoms with Crippen molar-refractivity contribution in [3.8, 4) is 0 Å². The van der Waals surface area contributed by atoms with Gasteiger partial charge in [-0.15, -0.1) is 0 Å². The molecule has 0 aromatic heterocycles. The molecule has 32 heavy (non-hydrogen) atoms. The summed E-state index contributed by atoms with van der Waals surface area (Å²) in [6.45, 7) is 2.10. The molecule has 0 radical (unpaired) electrons. The SMILES string of the molecule is CCC[C@H](NC(=O)O[C@@H](CCCCNC(=O)c1ccc2ccccc2c1)C(=O)O)C(=O)O. The molecule has 0 aliphatic heterocycles. The fourth-order valence-corrected chi connectivity index (χ4v) is 3.17. The Labute approximate surface area is 185 Å². The van der Waals surface area contributed by atoms with Gasteiger partial charge in [-0.05, 0) is 48.6 Å². The molecule has 2 amide bonds. The van der Waals surface area contributed by atoms with Gasteiger partial charge in [0.05, 0.1) is 0 Å². The van der Waals surface area contributed by atoms with Gasteiger partial charge in [-0.3, -0.25) is 4.79 Å². The number of amides is 2. The van der Waals surface area contributed by atoms with E-state index in [9.17, 15) is 24.3 Å². The van der Waals surface area contributed by atoms with Crippen LogP contribution in [-0.4, -0.2) is 52.8 Å². The van der Waals surface area contributed by atoms with Crippen LogP contribution in [-0.2, 0) is 14.3 Å². The Balaban J connectivity index is 1.76. The smallest absolute Gasteiger partial charge is 0.408 e. The lowest BCUT2D eigenvalue weighted by atomic mass is 10.1. The zero-order valence-corrected chi connectivity index (χ0v) is 17.9. The maximum atomic E-state index is 12.3. The quantitative estimate of drug-likeness (QED) is 0.368. The van der Waals surface area contributed by atoms with E-state index < -0.39 is 30.2 Å². The highest BCUT2D eigenvalue weighted by Crippen LogP contribution is 2.15. The number of carbonyl (C=O) groups excluding carboxylic acids is 2. The molecular formula is C23H28N2O7. The fourth-order valence-electron chi connectivity index (χ4n) is 3.17. The molecule has 0 saturated carbocycles. The van der Waals surface area contributed by atoms with Crippen LogP contribution >= 0.6 is 0 Å². The van der Waals surface area contributed by atoms with Crippen molar-refractivity contribution in [1.82, 2.24) is 10.6 Å². The minimum atomic E-state index is -1.40. The Morgan fingerprint density at radius 3 is 2.31 bits per heavy atom. The van der Waals surface area contributed by atoms with E-state index in [2.05, 4.69) is 10.6 Å². The van der Waals surface area contributed by atoms with Crippen LogP contribution in [0.4, 0.5) is 4.79 Å². The van der Waals surface area contributed by atoms with Crippen LogP contribution in [0.15, 0.2) is 42.5 Å². The second-order valence-electron chi connectivity index (χ2n) is 7.37. The highest BCUT2D eigenvalue weighted by molar-refractivity contribution is 5.98. The number of benzene rings is 2. The van der Waals surface area contributed by atoms with Gasteiger partial charge in [-0.2, -0.15) is 0 Å². The Morgan fingerprint density at radius 2 is 1.66 bits per heavy atom. The van der Waals surface area contributed by atoms with Crippen LogP contribution in [0.1, 0.15) is 49.4 Å². The molecule has 0 aliphatic carbocycles. The number of carbonyl (C=O) groups is 4. The summed E-state index contributed by atoms with van der Waals surface area (Å²) in [4.78, 5) is 46.6.